The Hall–Kier alpha value is -4.94. The van der Waals surface area contributed by atoms with Crippen molar-refractivity contribution in [2.45, 2.75) is 89.3 Å². The molecule has 0 spiro atoms. The molecule has 3 aromatic carbocycles. The number of amides is 1. The summed E-state index contributed by atoms with van der Waals surface area (Å²) in [6.07, 6.45) is 10.9. The van der Waals surface area contributed by atoms with Crippen LogP contribution in [0.2, 0.25) is 0 Å². The van der Waals surface area contributed by atoms with E-state index < -0.39 is 23.8 Å². The Morgan fingerprint density at radius 1 is 0.902 bits per heavy atom. The summed E-state index contributed by atoms with van der Waals surface area (Å²) in [7, 11) is 0. The van der Waals surface area contributed by atoms with Crippen LogP contribution in [0.15, 0.2) is 121 Å². The maximum Gasteiger partial charge on any atom is 0.410 e. The molecule has 1 aliphatic heterocycles. The lowest BCUT2D eigenvalue weighted by Gasteiger charge is -2.59. The summed E-state index contributed by atoms with van der Waals surface area (Å²) in [5, 5.41) is 24.7. The number of carbonyl (C=O) groups excluding carboxylic acids is 1. The molecule has 1 saturated carbocycles. The number of hydrogen-bond acceptors (Lipinski definition) is 10. The fourth-order valence-corrected chi connectivity index (χ4v) is 9.30. The van der Waals surface area contributed by atoms with Gasteiger partial charge >= 0.3 is 6.09 Å². The van der Waals surface area contributed by atoms with E-state index in [0.717, 1.165) is 53.7 Å². The van der Waals surface area contributed by atoms with Crippen LogP contribution in [0.25, 0.3) is 0 Å². The van der Waals surface area contributed by atoms with Gasteiger partial charge in [0.15, 0.2) is 0 Å². The molecule has 2 aliphatic carbocycles. The van der Waals surface area contributed by atoms with Gasteiger partial charge in [0.05, 0.1) is 31.5 Å². The molecule has 6 rings (SSSR count). The Kier molecular flexibility index (Phi) is 17.4. The molecule has 1 fully saturated rings. The monoisotopic (exact) mass is 836 g/mol. The van der Waals surface area contributed by atoms with Crippen molar-refractivity contribution in [3.63, 3.8) is 0 Å². The number of hydrogen-bond donors (Lipinski definition) is 2. The fraction of sp³-hybridized carbons (Fsp3) is 0.480. The number of nitrogens with zero attached hydrogens (tertiary/aromatic N) is 2. The number of unbranched alkanes of at least 4 members (excludes halogenated alkanes) is 2. The Morgan fingerprint density at radius 3 is 2.30 bits per heavy atom. The minimum absolute atomic E-state index is 0.0666. The van der Waals surface area contributed by atoms with Crippen LogP contribution in [0, 0.1) is 17.8 Å². The third-order valence-electron chi connectivity index (χ3n) is 11.9. The lowest BCUT2D eigenvalue weighted by molar-refractivity contribution is -0.255. The van der Waals surface area contributed by atoms with Crippen LogP contribution in [0.4, 0.5) is 4.79 Å². The zero-order valence-electron chi connectivity index (χ0n) is 35.7. The highest BCUT2D eigenvalue weighted by Crippen LogP contribution is 2.62. The maximum absolute atomic E-state index is 14.5. The molecular formula is C50H64N2O9. The van der Waals surface area contributed by atoms with E-state index in [1.807, 2.05) is 79.7 Å². The summed E-state index contributed by atoms with van der Waals surface area (Å²) in [5.74, 6) is -0.463. The van der Waals surface area contributed by atoms with Gasteiger partial charge in [-0.05, 0) is 78.8 Å². The van der Waals surface area contributed by atoms with Crippen molar-refractivity contribution in [3.8, 4) is 11.5 Å². The molecule has 11 nitrogen and oxygen atoms in total. The molecule has 0 saturated heterocycles. The molecule has 0 bridgehead atoms. The number of rotatable bonds is 25. The average molecular weight is 837 g/mol. The van der Waals surface area contributed by atoms with E-state index in [0.29, 0.717) is 50.5 Å². The second kappa shape index (κ2) is 23.3. The Bertz CT molecular complexity index is 1900. The number of aliphatic hydroxyl groups excluding tert-OH is 2. The minimum atomic E-state index is -1.39. The van der Waals surface area contributed by atoms with Crippen LogP contribution < -0.4 is 9.47 Å². The first-order chi connectivity index (χ1) is 30.0. The Balaban J connectivity index is 1.47. The molecule has 6 unspecified atom stereocenters. The predicted molar refractivity (Wildman–Crippen MR) is 236 cm³/mol. The summed E-state index contributed by atoms with van der Waals surface area (Å²) in [6, 6.07) is 25.0. The molecule has 1 amide bonds. The van der Waals surface area contributed by atoms with Crippen molar-refractivity contribution in [1.29, 1.82) is 0 Å². The number of fused-ring (bicyclic) bond motifs is 2. The van der Waals surface area contributed by atoms with Gasteiger partial charge in [0, 0.05) is 37.7 Å². The Morgan fingerprint density at radius 2 is 1.61 bits per heavy atom. The van der Waals surface area contributed by atoms with E-state index in [1.165, 1.54) is 0 Å². The van der Waals surface area contributed by atoms with Crippen LogP contribution in [0.1, 0.15) is 80.9 Å². The van der Waals surface area contributed by atoms with Crippen molar-refractivity contribution >= 4 is 11.8 Å². The molecule has 328 valence electrons. The van der Waals surface area contributed by atoms with E-state index >= 15 is 0 Å². The highest BCUT2D eigenvalue weighted by Gasteiger charge is 2.65. The maximum atomic E-state index is 14.5. The van der Waals surface area contributed by atoms with E-state index in [4.69, 9.17) is 33.7 Å². The lowest BCUT2D eigenvalue weighted by Crippen LogP contribution is -2.70. The molecule has 61 heavy (non-hydrogen) atoms. The molecule has 0 aromatic heterocycles. The van der Waals surface area contributed by atoms with Crippen LogP contribution >= 0.6 is 0 Å². The molecule has 1 heterocycles. The highest BCUT2D eigenvalue weighted by molar-refractivity contribution is 6.03. The molecule has 3 aliphatic rings. The van der Waals surface area contributed by atoms with Crippen LogP contribution in [0.5, 0.6) is 11.5 Å². The topological polar surface area (TPSA) is 129 Å². The van der Waals surface area contributed by atoms with Crippen molar-refractivity contribution < 1.29 is 43.5 Å². The molecule has 3 aromatic rings. The average Bonchev–Trinajstić information content (AvgIpc) is 3.28. The zero-order chi connectivity index (χ0) is 42.9. The van der Waals surface area contributed by atoms with Gasteiger partial charge in [-0.3, -0.25) is 4.90 Å². The van der Waals surface area contributed by atoms with Crippen LogP contribution in [0.3, 0.4) is 0 Å². The minimum Gasteiger partial charge on any atom is -0.490 e. The fourth-order valence-electron chi connectivity index (χ4n) is 9.30. The van der Waals surface area contributed by atoms with Crippen molar-refractivity contribution in [3.05, 3.63) is 133 Å². The first-order valence-corrected chi connectivity index (χ1v) is 22.0. The van der Waals surface area contributed by atoms with Crippen molar-refractivity contribution in [1.82, 2.24) is 4.90 Å². The first-order valence-electron chi connectivity index (χ1n) is 22.0. The van der Waals surface area contributed by atoms with E-state index in [-0.39, 0.29) is 63.8 Å². The normalized spacial score (nSPS) is 23.2. The summed E-state index contributed by atoms with van der Waals surface area (Å²) in [5.41, 5.74) is 4.70. The number of ether oxygens (including phenoxy) is 5. The Labute approximate surface area is 361 Å². The van der Waals surface area contributed by atoms with E-state index in [9.17, 15) is 15.0 Å². The second-order valence-corrected chi connectivity index (χ2v) is 16.0. The summed E-state index contributed by atoms with van der Waals surface area (Å²) in [4.78, 5) is 22.5. The van der Waals surface area contributed by atoms with Crippen molar-refractivity contribution in [2.24, 2.45) is 22.9 Å². The second-order valence-electron chi connectivity index (χ2n) is 16.0. The summed E-state index contributed by atoms with van der Waals surface area (Å²) < 4.78 is 32.4. The summed E-state index contributed by atoms with van der Waals surface area (Å²) in [6.45, 7) is 12.0. The van der Waals surface area contributed by atoms with Gasteiger partial charge in [-0.1, -0.05) is 110 Å². The van der Waals surface area contributed by atoms with Crippen molar-refractivity contribution in [2.75, 3.05) is 46.2 Å². The van der Waals surface area contributed by atoms with Gasteiger partial charge in [-0.15, -0.1) is 6.58 Å². The molecule has 11 heteroatoms. The first kappa shape index (κ1) is 45.6. The standard InChI is InChI=1S/C50H64N2O9/c1-4-25-52(49(55)58-31-30-56-35-37-17-9-7-10-18-37)46-34-44(51-60-36-38-19-11-8-12-20-38)42-32-39(21-13-15-26-53)41(22-14-16-27-54)47-43-33-40(57-28-5-2)23-24-45(43)61-50(46,48(42)47)59-29-6-3/h5-12,17-20,23-24,32-33,39,41,46-48,53-54H,2-4,13-16,21-22,25-31,34-36H2,1H3. The number of aliphatic hydroxyl groups is 2. The van der Waals surface area contributed by atoms with Gasteiger partial charge in [0.1, 0.15) is 37.4 Å². The molecule has 0 radical (unpaired) electrons. The van der Waals surface area contributed by atoms with Gasteiger partial charge in [-0.25, -0.2) is 4.79 Å². The van der Waals surface area contributed by atoms with E-state index in [2.05, 4.69) is 25.3 Å². The number of oxime groups is 1. The number of benzene rings is 3. The quantitative estimate of drug-likeness (QED) is 0.0488. The molecular weight excluding hydrogens is 773 g/mol. The van der Waals surface area contributed by atoms with E-state index in [1.54, 1.807) is 17.1 Å². The van der Waals surface area contributed by atoms with Gasteiger partial charge < -0.3 is 38.7 Å². The van der Waals surface area contributed by atoms with Gasteiger partial charge in [-0.2, -0.15) is 0 Å². The van der Waals surface area contributed by atoms with Gasteiger partial charge in [0.2, 0.25) is 5.79 Å². The number of allylic oxidation sites excluding steroid dienone is 1. The highest BCUT2D eigenvalue weighted by atomic mass is 16.7. The van der Waals surface area contributed by atoms with Gasteiger partial charge in [0.25, 0.3) is 0 Å². The third-order valence-corrected chi connectivity index (χ3v) is 11.9. The molecule has 2 N–H and O–H groups in total. The zero-order valence-corrected chi connectivity index (χ0v) is 35.7. The number of carbonyl (C=O) groups is 1. The summed E-state index contributed by atoms with van der Waals surface area (Å²) >= 11 is 0. The third kappa shape index (κ3) is 11.3. The SMILES string of the molecule is C=CCOc1ccc2c(c1)C1C(CCCCO)C(CCCCO)C=C3C(=NOCc4ccccc4)CC(N(CCC)C(=O)OCCOCc4ccccc4)C(OCC=C)(O2)C31. The van der Waals surface area contributed by atoms with Crippen LogP contribution in [-0.2, 0) is 32.3 Å². The largest absolute Gasteiger partial charge is 0.490 e. The lowest BCUT2D eigenvalue weighted by atomic mass is 9.55. The van der Waals surface area contributed by atoms with Crippen LogP contribution in [-0.4, -0.2) is 84.9 Å². The smallest absolute Gasteiger partial charge is 0.410 e. The molecule has 6 atom stereocenters. The predicted octanol–water partition coefficient (Wildman–Crippen LogP) is 9.15.